The first-order valence-electron chi connectivity index (χ1n) is 6.58. The van der Waals surface area contributed by atoms with Gasteiger partial charge in [0.1, 0.15) is 5.82 Å². The first kappa shape index (κ1) is 11.1. The van der Waals surface area contributed by atoms with Gasteiger partial charge in [0, 0.05) is 35.9 Å². The van der Waals surface area contributed by atoms with Crippen molar-refractivity contribution in [1.82, 2.24) is 19.9 Å². The highest BCUT2D eigenvalue weighted by atomic mass is 14.9. The second-order valence-corrected chi connectivity index (χ2v) is 4.94. The van der Waals surface area contributed by atoms with Gasteiger partial charge in [-0.25, -0.2) is 4.98 Å². The Morgan fingerprint density at radius 3 is 2.35 bits per heavy atom. The molecule has 3 N–H and O–H groups in total. The van der Waals surface area contributed by atoms with Crippen LogP contribution in [0.2, 0.25) is 0 Å². The van der Waals surface area contributed by atoms with Crippen LogP contribution in [0, 0.1) is 6.92 Å². The minimum atomic E-state index is 0.933. The number of H-pyrrole nitrogens is 3. The molecule has 0 aliphatic rings. The van der Waals surface area contributed by atoms with Crippen molar-refractivity contribution in [2.45, 2.75) is 6.92 Å². The molecule has 4 heteroatoms. The molecule has 0 unspecified atom stereocenters. The second-order valence-electron chi connectivity index (χ2n) is 4.94. The monoisotopic (exact) mass is 262 g/mol. The summed E-state index contributed by atoms with van der Waals surface area (Å²) in [6, 6.07) is 8.48. The largest absolute Gasteiger partial charge is 0.367 e. The van der Waals surface area contributed by atoms with Crippen molar-refractivity contribution in [1.29, 1.82) is 0 Å². The Hall–Kier alpha value is -2.75. The van der Waals surface area contributed by atoms with E-state index in [1.807, 2.05) is 31.7 Å². The van der Waals surface area contributed by atoms with Gasteiger partial charge >= 0.3 is 0 Å². The lowest BCUT2D eigenvalue weighted by molar-refractivity contribution is 1.17. The molecular formula is C16H14N4. The molecule has 0 fully saturated rings. The first-order chi connectivity index (χ1) is 9.81. The first-order valence-corrected chi connectivity index (χ1v) is 6.58. The van der Waals surface area contributed by atoms with Crippen LogP contribution in [0.15, 0.2) is 49.1 Å². The highest BCUT2D eigenvalue weighted by Crippen LogP contribution is 2.32. The van der Waals surface area contributed by atoms with Gasteiger partial charge in [-0.2, -0.15) is 0 Å². The quantitative estimate of drug-likeness (QED) is 0.504. The molecule has 0 aliphatic carbocycles. The van der Waals surface area contributed by atoms with Crippen LogP contribution in [0.3, 0.4) is 0 Å². The highest BCUT2D eigenvalue weighted by molar-refractivity contribution is 5.95. The van der Waals surface area contributed by atoms with Crippen LogP contribution < -0.4 is 0 Å². The minimum Gasteiger partial charge on any atom is -0.367 e. The lowest BCUT2D eigenvalue weighted by Gasteiger charge is -2.04. The van der Waals surface area contributed by atoms with Crippen LogP contribution in [0.1, 0.15) is 5.82 Å². The van der Waals surface area contributed by atoms with Crippen molar-refractivity contribution in [2.24, 2.45) is 0 Å². The summed E-state index contributed by atoms with van der Waals surface area (Å²) in [4.78, 5) is 14.2. The summed E-state index contributed by atoms with van der Waals surface area (Å²) in [6.07, 6.45) is 7.88. The molecule has 4 aromatic rings. The summed E-state index contributed by atoms with van der Waals surface area (Å²) in [5.41, 5.74) is 6.73. The number of hydrogen-bond acceptors (Lipinski definition) is 1. The number of nitrogens with zero attached hydrogens (tertiary/aromatic N) is 1. The highest BCUT2D eigenvalue weighted by Gasteiger charge is 2.11. The number of rotatable bonds is 2. The van der Waals surface area contributed by atoms with Crippen molar-refractivity contribution in [2.75, 3.05) is 0 Å². The van der Waals surface area contributed by atoms with Gasteiger partial charge in [-0.1, -0.05) is 0 Å². The van der Waals surface area contributed by atoms with Crippen LogP contribution in [0.25, 0.3) is 33.3 Å². The molecule has 0 saturated heterocycles. The summed E-state index contributed by atoms with van der Waals surface area (Å²) < 4.78 is 0. The minimum absolute atomic E-state index is 0.933. The Balaban J connectivity index is 2.04. The van der Waals surface area contributed by atoms with Gasteiger partial charge in [0.25, 0.3) is 0 Å². The molecule has 0 saturated carbocycles. The Kier molecular flexibility index (Phi) is 2.29. The Morgan fingerprint density at radius 2 is 1.65 bits per heavy atom. The Morgan fingerprint density at radius 1 is 0.900 bits per heavy atom. The molecule has 4 rings (SSSR count). The van der Waals surface area contributed by atoms with E-state index in [0.29, 0.717) is 0 Å². The van der Waals surface area contributed by atoms with Crippen LogP contribution in [0.4, 0.5) is 0 Å². The molecule has 3 heterocycles. The normalized spacial score (nSPS) is 11.2. The zero-order valence-electron chi connectivity index (χ0n) is 11.1. The molecule has 3 aromatic heterocycles. The lowest BCUT2D eigenvalue weighted by Crippen LogP contribution is -1.82. The lowest BCUT2D eigenvalue weighted by atomic mass is 10.0. The fraction of sp³-hybridized carbons (Fsp3) is 0.0625. The molecule has 98 valence electrons. The molecule has 20 heavy (non-hydrogen) atoms. The van der Waals surface area contributed by atoms with E-state index in [4.69, 9.17) is 0 Å². The summed E-state index contributed by atoms with van der Waals surface area (Å²) in [6.45, 7) is 1.98. The SMILES string of the molecule is Cc1nc2c(-c3cc[nH]c3)cc(-c3cc[nH]c3)cc2[nH]1. The van der Waals surface area contributed by atoms with E-state index in [2.05, 4.69) is 44.2 Å². The van der Waals surface area contributed by atoms with Crippen LogP contribution in [0.5, 0.6) is 0 Å². The standard InChI is InChI=1S/C16H14N4/c1-10-19-15-7-13(11-2-4-17-8-11)6-14(16(15)20-10)12-3-5-18-9-12/h2-9,17-18H,1H3,(H,19,20). The number of nitrogens with one attached hydrogen (secondary N) is 3. The van der Waals surface area contributed by atoms with Crippen molar-refractivity contribution < 1.29 is 0 Å². The topological polar surface area (TPSA) is 60.3 Å². The van der Waals surface area contributed by atoms with Gasteiger partial charge in [0.2, 0.25) is 0 Å². The molecule has 0 bridgehead atoms. The number of fused-ring (bicyclic) bond motifs is 1. The van der Waals surface area contributed by atoms with E-state index in [-0.39, 0.29) is 0 Å². The molecule has 0 amide bonds. The average Bonchev–Trinajstić information content (AvgIpc) is 3.18. The van der Waals surface area contributed by atoms with E-state index in [0.717, 1.165) is 28.0 Å². The molecular weight excluding hydrogens is 248 g/mol. The van der Waals surface area contributed by atoms with Crippen molar-refractivity contribution >= 4 is 11.0 Å². The zero-order valence-corrected chi connectivity index (χ0v) is 11.1. The van der Waals surface area contributed by atoms with E-state index >= 15 is 0 Å². The molecule has 0 atom stereocenters. The van der Waals surface area contributed by atoms with E-state index < -0.39 is 0 Å². The van der Waals surface area contributed by atoms with E-state index in [9.17, 15) is 0 Å². The maximum absolute atomic E-state index is 4.61. The third kappa shape index (κ3) is 1.66. The maximum atomic E-state index is 4.61. The third-order valence-electron chi connectivity index (χ3n) is 3.55. The summed E-state index contributed by atoms with van der Waals surface area (Å²) in [5, 5.41) is 0. The number of imidazole rings is 1. The van der Waals surface area contributed by atoms with E-state index in [1.54, 1.807) is 0 Å². The number of aromatic nitrogens is 4. The Bertz CT molecular complexity index is 852. The predicted molar refractivity (Wildman–Crippen MR) is 80.4 cm³/mol. The van der Waals surface area contributed by atoms with Gasteiger partial charge in [-0.05, 0) is 42.3 Å². The van der Waals surface area contributed by atoms with Gasteiger partial charge < -0.3 is 15.0 Å². The fourth-order valence-corrected chi connectivity index (χ4v) is 2.62. The van der Waals surface area contributed by atoms with Crippen LogP contribution >= 0.6 is 0 Å². The number of benzene rings is 1. The van der Waals surface area contributed by atoms with Gasteiger partial charge in [0.05, 0.1) is 11.0 Å². The van der Waals surface area contributed by atoms with Crippen LogP contribution in [-0.4, -0.2) is 19.9 Å². The summed E-state index contributed by atoms with van der Waals surface area (Å²) >= 11 is 0. The smallest absolute Gasteiger partial charge is 0.104 e. The molecule has 1 aromatic carbocycles. The fourth-order valence-electron chi connectivity index (χ4n) is 2.62. The van der Waals surface area contributed by atoms with Gasteiger partial charge in [-0.15, -0.1) is 0 Å². The number of aromatic amines is 3. The summed E-state index contributed by atoms with van der Waals surface area (Å²) in [7, 11) is 0. The van der Waals surface area contributed by atoms with Crippen molar-refractivity contribution in [3.05, 3.63) is 54.9 Å². The molecule has 0 spiro atoms. The summed E-state index contributed by atoms with van der Waals surface area (Å²) in [5.74, 6) is 0.933. The van der Waals surface area contributed by atoms with Gasteiger partial charge in [0.15, 0.2) is 0 Å². The van der Waals surface area contributed by atoms with Crippen LogP contribution in [-0.2, 0) is 0 Å². The average molecular weight is 262 g/mol. The molecule has 4 nitrogen and oxygen atoms in total. The van der Waals surface area contributed by atoms with E-state index in [1.165, 1.54) is 11.1 Å². The van der Waals surface area contributed by atoms with Crippen molar-refractivity contribution in [3.63, 3.8) is 0 Å². The van der Waals surface area contributed by atoms with Crippen molar-refractivity contribution in [3.8, 4) is 22.3 Å². The maximum Gasteiger partial charge on any atom is 0.104 e. The second kappa shape index (κ2) is 4.13. The molecule has 0 radical (unpaired) electrons. The third-order valence-corrected chi connectivity index (χ3v) is 3.55. The molecule has 0 aliphatic heterocycles. The number of aryl methyl sites for hydroxylation is 1. The Labute approximate surface area is 115 Å². The van der Waals surface area contributed by atoms with Gasteiger partial charge in [-0.3, -0.25) is 0 Å². The number of hydrogen-bond donors (Lipinski definition) is 3. The predicted octanol–water partition coefficient (Wildman–Crippen LogP) is 3.86. The zero-order chi connectivity index (χ0) is 13.5.